The molecule has 1 atom stereocenters. The normalized spacial score (nSPS) is 12.0. The van der Waals surface area contributed by atoms with Crippen molar-refractivity contribution in [2.24, 2.45) is 0 Å². The summed E-state index contributed by atoms with van der Waals surface area (Å²) < 4.78 is 0. The van der Waals surface area contributed by atoms with Crippen LogP contribution in [0.15, 0.2) is 42.5 Å². The molecule has 0 aliphatic heterocycles. The van der Waals surface area contributed by atoms with Gasteiger partial charge in [-0.15, -0.1) is 0 Å². The Morgan fingerprint density at radius 2 is 2.00 bits per heavy atom. The largest absolute Gasteiger partial charge is 0.394 e. The fraction of sp³-hybridized carbons (Fsp3) is 0.278. The fourth-order valence-electron chi connectivity index (χ4n) is 2.45. The van der Waals surface area contributed by atoms with Gasteiger partial charge >= 0.3 is 0 Å². The predicted octanol–water partition coefficient (Wildman–Crippen LogP) is 2.74. The quantitative estimate of drug-likeness (QED) is 0.884. The summed E-state index contributed by atoms with van der Waals surface area (Å²) in [6.45, 7) is 1.68. The van der Waals surface area contributed by atoms with Gasteiger partial charge in [0.2, 0.25) is 0 Å². The molecule has 0 fully saturated rings. The first-order valence-corrected chi connectivity index (χ1v) is 7.71. The first kappa shape index (κ1) is 17.5. The van der Waals surface area contributed by atoms with Crippen molar-refractivity contribution in [1.82, 2.24) is 4.90 Å². The van der Waals surface area contributed by atoms with Gasteiger partial charge in [0.25, 0.3) is 5.91 Å². The SMILES string of the molecule is Cc1cc(Cl)ccc1-c1cccc(C(=O)N(C)C[C@@H](O)CO)c1. The van der Waals surface area contributed by atoms with Crippen molar-refractivity contribution >= 4 is 17.5 Å². The maximum absolute atomic E-state index is 12.4. The van der Waals surface area contributed by atoms with Crippen molar-refractivity contribution in [1.29, 1.82) is 0 Å². The molecule has 122 valence electrons. The van der Waals surface area contributed by atoms with E-state index in [2.05, 4.69) is 0 Å². The van der Waals surface area contributed by atoms with Crippen LogP contribution in [-0.2, 0) is 0 Å². The van der Waals surface area contributed by atoms with Crippen molar-refractivity contribution < 1.29 is 15.0 Å². The lowest BCUT2D eigenvalue weighted by Gasteiger charge is -2.20. The molecule has 0 aliphatic rings. The highest BCUT2D eigenvalue weighted by atomic mass is 35.5. The number of benzene rings is 2. The van der Waals surface area contributed by atoms with E-state index < -0.39 is 6.10 Å². The van der Waals surface area contributed by atoms with Gasteiger partial charge in [0, 0.05) is 24.2 Å². The third kappa shape index (κ3) is 4.32. The minimum atomic E-state index is -0.939. The van der Waals surface area contributed by atoms with E-state index in [1.807, 2.05) is 43.3 Å². The number of nitrogens with zero attached hydrogens (tertiary/aromatic N) is 1. The molecule has 0 saturated carbocycles. The molecular formula is C18H20ClNO3. The van der Waals surface area contributed by atoms with E-state index in [9.17, 15) is 9.90 Å². The van der Waals surface area contributed by atoms with Gasteiger partial charge in [-0.25, -0.2) is 0 Å². The van der Waals surface area contributed by atoms with E-state index in [1.165, 1.54) is 4.90 Å². The average molecular weight is 334 g/mol. The molecule has 2 N–H and O–H groups in total. The average Bonchev–Trinajstić information content (AvgIpc) is 2.54. The Bertz CT molecular complexity index is 702. The molecule has 2 aromatic carbocycles. The van der Waals surface area contributed by atoms with Gasteiger partial charge < -0.3 is 15.1 Å². The van der Waals surface area contributed by atoms with Crippen LogP contribution in [0, 0.1) is 6.92 Å². The molecule has 0 radical (unpaired) electrons. The summed E-state index contributed by atoms with van der Waals surface area (Å²) in [5.74, 6) is -0.203. The summed E-state index contributed by atoms with van der Waals surface area (Å²) in [5.41, 5.74) is 3.51. The topological polar surface area (TPSA) is 60.8 Å². The Kier molecular flexibility index (Phi) is 5.77. The summed E-state index contributed by atoms with van der Waals surface area (Å²) in [4.78, 5) is 13.8. The summed E-state index contributed by atoms with van der Waals surface area (Å²) in [6, 6.07) is 13.0. The number of amides is 1. The van der Waals surface area contributed by atoms with Crippen LogP contribution < -0.4 is 0 Å². The molecule has 23 heavy (non-hydrogen) atoms. The number of aliphatic hydroxyl groups is 2. The molecule has 0 bridgehead atoms. The van der Waals surface area contributed by atoms with Crippen LogP contribution in [0.2, 0.25) is 5.02 Å². The van der Waals surface area contributed by atoms with E-state index in [0.29, 0.717) is 10.6 Å². The van der Waals surface area contributed by atoms with Gasteiger partial charge in [-0.1, -0.05) is 29.8 Å². The Hall–Kier alpha value is -1.88. The Labute approximate surface area is 140 Å². The van der Waals surface area contributed by atoms with Crippen molar-refractivity contribution in [3.63, 3.8) is 0 Å². The van der Waals surface area contributed by atoms with Gasteiger partial charge in [-0.05, 0) is 47.9 Å². The number of hydrogen-bond acceptors (Lipinski definition) is 3. The highest BCUT2D eigenvalue weighted by Crippen LogP contribution is 2.26. The molecule has 2 rings (SSSR count). The Morgan fingerprint density at radius 1 is 1.26 bits per heavy atom. The Morgan fingerprint density at radius 3 is 2.65 bits per heavy atom. The van der Waals surface area contributed by atoms with Crippen LogP contribution in [0.5, 0.6) is 0 Å². The standard InChI is InChI=1S/C18H20ClNO3/c1-12-8-15(19)6-7-17(12)13-4-3-5-14(9-13)18(23)20(2)10-16(22)11-21/h3-9,16,21-22H,10-11H2,1-2H3/t16-/m1/s1. The number of likely N-dealkylation sites (N-methyl/N-ethyl adjacent to an activating group) is 1. The van der Waals surface area contributed by atoms with Gasteiger partial charge in [0.05, 0.1) is 12.7 Å². The van der Waals surface area contributed by atoms with E-state index in [0.717, 1.165) is 16.7 Å². The van der Waals surface area contributed by atoms with Crippen LogP contribution in [0.4, 0.5) is 0 Å². The number of carbonyl (C=O) groups is 1. The molecule has 4 nitrogen and oxygen atoms in total. The van der Waals surface area contributed by atoms with Crippen LogP contribution in [0.25, 0.3) is 11.1 Å². The van der Waals surface area contributed by atoms with Crippen LogP contribution in [0.1, 0.15) is 15.9 Å². The lowest BCUT2D eigenvalue weighted by molar-refractivity contribution is 0.0520. The van der Waals surface area contributed by atoms with Gasteiger partial charge in [-0.2, -0.15) is 0 Å². The zero-order valence-corrected chi connectivity index (χ0v) is 13.9. The number of halogens is 1. The number of aliphatic hydroxyl groups excluding tert-OH is 2. The lowest BCUT2D eigenvalue weighted by Crippen LogP contribution is -2.35. The van der Waals surface area contributed by atoms with E-state index in [1.54, 1.807) is 13.1 Å². The zero-order chi connectivity index (χ0) is 17.0. The van der Waals surface area contributed by atoms with Crippen LogP contribution in [-0.4, -0.2) is 47.3 Å². The monoisotopic (exact) mass is 333 g/mol. The van der Waals surface area contributed by atoms with Crippen LogP contribution >= 0.6 is 11.6 Å². The molecule has 0 aromatic heterocycles. The second kappa shape index (κ2) is 7.59. The fourth-order valence-corrected chi connectivity index (χ4v) is 2.67. The minimum Gasteiger partial charge on any atom is -0.394 e. The third-order valence-corrected chi connectivity index (χ3v) is 3.89. The maximum Gasteiger partial charge on any atom is 0.253 e. The number of aryl methyl sites for hydroxylation is 1. The van der Waals surface area contributed by atoms with E-state index in [-0.39, 0.29) is 19.1 Å². The van der Waals surface area contributed by atoms with Gasteiger partial charge in [0.15, 0.2) is 0 Å². The molecule has 0 aliphatic carbocycles. The number of rotatable bonds is 5. The van der Waals surface area contributed by atoms with Crippen molar-refractivity contribution in [2.45, 2.75) is 13.0 Å². The van der Waals surface area contributed by atoms with E-state index >= 15 is 0 Å². The van der Waals surface area contributed by atoms with Gasteiger partial charge in [0.1, 0.15) is 0 Å². The predicted molar refractivity (Wildman–Crippen MR) is 91.7 cm³/mol. The Balaban J connectivity index is 2.27. The third-order valence-electron chi connectivity index (χ3n) is 3.65. The highest BCUT2D eigenvalue weighted by molar-refractivity contribution is 6.30. The number of hydrogen-bond donors (Lipinski definition) is 2. The van der Waals surface area contributed by atoms with Crippen molar-refractivity contribution in [3.05, 3.63) is 58.6 Å². The highest BCUT2D eigenvalue weighted by Gasteiger charge is 2.15. The second-order valence-corrected chi connectivity index (χ2v) is 6.00. The van der Waals surface area contributed by atoms with E-state index in [4.69, 9.17) is 16.7 Å². The molecule has 2 aromatic rings. The first-order valence-electron chi connectivity index (χ1n) is 7.33. The summed E-state index contributed by atoms with van der Waals surface area (Å²) in [7, 11) is 1.60. The van der Waals surface area contributed by atoms with Crippen molar-refractivity contribution in [3.8, 4) is 11.1 Å². The summed E-state index contributed by atoms with van der Waals surface area (Å²) >= 11 is 5.98. The number of carbonyl (C=O) groups excluding carboxylic acids is 1. The van der Waals surface area contributed by atoms with Crippen molar-refractivity contribution in [2.75, 3.05) is 20.2 Å². The summed E-state index contributed by atoms with van der Waals surface area (Å²) in [6.07, 6.45) is -0.939. The zero-order valence-electron chi connectivity index (χ0n) is 13.2. The second-order valence-electron chi connectivity index (χ2n) is 5.56. The van der Waals surface area contributed by atoms with Gasteiger partial charge in [-0.3, -0.25) is 4.79 Å². The smallest absolute Gasteiger partial charge is 0.253 e. The molecule has 1 amide bonds. The minimum absolute atomic E-state index is 0.0829. The molecular weight excluding hydrogens is 314 g/mol. The molecule has 5 heteroatoms. The molecule has 0 spiro atoms. The summed E-state index contributed by atoms with van der Waals surface area (Å²) in [5, 5.41) is 19.0. The maximum atomic E-state index is 12.4. The first-order chi connectivity index (χ1) is 10.9. The molecule has 0 saturated heterocycles. The lowest BCUT2D eigenvalue weighted by atomic mass is 9.98. The molecule has 0 unspecified atom stereocenters. The van der Waals surface area contributed by atoms with Crippen LogP contribution in [0.3, 0.4) is 0 Å². The molecule has 0 heterocycles.